The van der Waals surface area contributed by atoms with E-state index in [4.69, 9.17) is 21.1 Å². The first-order chi connectivity index (χ1) is 17.7. The fourth-order valence-electron chi connectivity index (χ4n) is 4.34. The van der Waals surface area contributed by atoms with Crippen molar-refractivity contribution in [2.75, 3.05) is 18.2 Å². The van der Waals surface area contributed by atoms with E-state index < -0.39 is 12.1 Å². The number of benzene rings is 1. The number of allylic oxidation sites excluding steroid dienone is 1. The molecule has 0 aliphatic heterocycles. The van der Waals surface area contributed by atoms with Crippen molar-refractivity contribution in [1.29, 1.82) is 0 Å². The van der Waals surface area contributed by atoms with Crippen LogP contribution < -0.4 is 10.1 Å². The van der Waals surface area contributed by atoms with Gasteiger partial charge in [-0.1, -0.05) is 29.4 Å². The van der Waals surface area contributed by atoms with Crippen LogP contribution in [0.4, 0.5) is 5.00 Å². The Morgan fingerprint density at radius 3 is 2.70 bits per heavy atom. The highest BCUT2D eigenvalue weighted by Gasteiger charge is 2.28. The fraction of sp³-hybridized carbons (Fsp3) is 0.385. The van der Waals surface area contributed by atoms with Gasteiger partial charge in [-0.15, -0.1) is 28.1 Å². The lowest BCUT2D eigenvalue weighted by atomic mass is 10.1. The zero-order chi connectivity index (χ0) is 26.7. The first-order valence-electron chi connectivity index (χ1n) is 11.9. The molecular weight excluding hydrogens is 532 g/mol. The standard InChI is InChI=1S/C26H29ClN4O4S2/c1-6-10-31-23(16(4)35-17-11-14(2)22(27)15(3)12-17)29-30-26(31)36-13-20(32)28-24-21(25(33)34-5)18-8-7-9-19(18)37-24/h6,11-12,16H,1,7-10,13H2,2-5H3,(H,28,32). The van der Waals surface area contributed by atoms with Gasteiger partial charge in [-0.2, -0.15) is 0 Å². The summed E-state index contributed by atoms with van der Waals surface area (Å²) in [5.74, 6) is 0.760. The number of ether oxygens (including phenoxy) is 2. The molecule has 1 aromatic carbocycles. The van der Waals surface area contributed by atoms with E-state index in [2.05, 4.69) is 22.1 Å². The van der Waals surface area contributed by atoms with Crippen LogP contribution in [0, 0.1) is 13.8 Å². The molecule has 0 fully saturated rings. The van der Waals surface area contributed by atoms with Gasteiger partial charge in [0.2, 0.25) is 5.91 Å². The lowest BCUT2D eigenvalue weighted by Gasteiger charge is -2.17. The van der Waals surface area contributed by atoms with Crippen LogP contribution in [-0.2, 0) is 28.9 Å². The highest BCUT2D eigenvalue weighted by atomic mass is 35.5. The smallest absolute Gasteiger partial charge is 0.341 e. The molecule has 4 rings (SSSR count). The Morgan fingerprint density at radius 2 is 2.03 bits per heavy atom. The molecule has 37 heavy (non-hydrogen) atoms. The number of carbonyl (C=O) groups excluding carboxylic acids is 2. The van der Waals surface area contributed by atoms with E-state index in [9.17, 15) is 9.59 Å². The van der Waals surface area contributed by atoms with Gasteiger partial charge in [-0.05, 0) is 68.9 Å². The van der Waals surface area contributed by atoms with Gasteiger partial charge in [0.05, 0.1) is 18.4 Å². The van der Waals surface area contributed by atoms with Crippen molar-refractivity contribution >= 4 is 51.6 Å². The molecule has 0 spiro atoms. The van der Waals surface area contributed by atoms with Crippen LogP contribution in [0.3, 0.4) is 0 Å². The third kappa shape index (κ3) is 5.86. The summed E-state index contributed by atoms with van der Waals surface area (Å²) in [6, 6.07) is 3.78. The molecule has 2 aromatic heterocycles. The molecule has 8 nitrogen and oxygen atoms in total. The second kappa shape index (κ2) is 11.7. The van der Waals surface area contributed by atoms with Gasteiger partial charge >= 0.3 is 5.97 Å². The molecule has 11 heteroatoms. The number of nitrogens with one attached hydrogen (secondary N) is 1. The van der Waals surface area contributed by atoms with E-state index in [1.165, 1.54) is 30.2 Å². The Bertz CT molecular complexity index is 1330. The van der Waals surface area contributed by atoms with Crippen molar-refractivity contribution in [1.82, 2.24) is 14.8 Å². The molecule has 0 saturated heterocycles. The van der Waals surface area contributed by atoms with Gasteiger partial charge in [-0.3, -0.25) is 9.36 Å². The lowest BCUT2D eigenvalue weighted by molar-refractivity contribution is -0.113. The molecule has 1 atom stereocenters. The Morgan fingerprint density at radius 1 is 1.30 bits per heavy atom. The van der Waals surface area contributed by atoms with Crippen LogP contribution in [0.25, 0.3) is 0 Å². The summed E-state index contributed by atoms with van der Waals surface area (Å²) in [6.07, 6.45) is 4.10. The van der Waals surface area contributed by atoms with Gasteiger partial charge in [0.15, 0.2) is 17.1 Å². The minimum Gasteiger partial charge on any atom is -0.483 e. The molecular formula is C26H29ClN4O4S2. The molecule has 2 heterocycles. The summed E-state index contributed by atoms with van der Waals surface area (Å²) in [6.45, 7) is 10.1. The summed E-state index contributed by atoms with van der Waals surface area (Å²) in [5, 5.41) is 13.4. The third-order valence-electron chi connectivity index (χ3n) is 6.04. The summed E-state index contributed by atoms with van der Waals surface area (Å²) in [5.41, 5.74) is 3.35. The van der Waals surface area contributed by atoms with Crippen molar-refractivity contribution in [2.45, 2.75) is 57.8 Å². The number of carbonyl (C=O) groups is 2. The lowest BCUT2D eigenvalue weighted by Crippen LogP contribution is -2.17. The van der Waals surface area contributed by atoms with E-state index in [-0.39, 0.29) is 11.7 Å². The Kier molecular flexibility index (Phi) is 8.61. The number of methoxy groups -OCH3 is 1. The SMILES string of the molecule is C=CCn1c(SCC(=O)Nc2sc3c(c2C(=O)OC)CCC3)nnc1C(C)Oc1cc(C)c(Cl)c(C)c1. The van der Waals surface area contributed by atoms with E-state index in [0.29, 0.717) is 33.8 Å². The number of aromatic nitrogens is 3. The maximum absolute atomic E-state index is 12.8. The first-order valence-corrected chi connectivity index (χ1v) is 14.0. The van der Waals surface area contributed by atoms with Crippen LogP contribution in [0.5, 0.6) is 5.75 Å². The van der Waals surface area contributed by atoms with Gasteiger partial charge in [-0.25, -0.2) is 4.79 Å². The summed E-state index contributed by atoms with van der Waals surface area (Å²) < 4.78 is 13.0. The molecule has 0 saturated carbocycles. The molecule has 1 aliphatic carbocycles. The number of thiophene rings is 1. The Hall–Kier alpha value is -2.82. The average molecular weight is 561 g/mol. The average Bonchev–Trinajstić information content (AvgIpc) is 3.56. The number of amides is 1. The fourth-order valence-corrected chi connectivity index (χ4v) is 6.50. The summed E-state index contributed by atoms with van der Waals surface area (Å²) in [4.78, 5) is 26.3. The number of aryl methyl sites for hydroxylation is 3. The summed E-state index contributed by atoms with van der Waals surface area (Å²) in [7, 11) is 1.35. The Labute approximate surface area is 229 Å². The van der Waals surface area contributed by atoms with E-state index in [1.807, 2.05) is 37.5 Å². The van der Waals surface area contributed by atoms with Crippen molar-refractivity contribution in [3.63, 3.8) is 0 Å². The second-order valence-electron chi connectivity index (χ2n) is 8.76. The first kappa shape index (κ1) is 27.2. The topological polar surface area (TPSA) is 95.3 Å². The maximum atomic E-state index is 12.8. The highest BCUT2D eigenvalue weighted by molar-refractivity contribution is 7.99. The number of hydrogen-bond acceptors (Lipinski definition) is 8. The molecule has 0 bridgehead atoms. The van der Waals surface area contributed by atoms with Crippen LogP contribution in [0.15, 0.2) is 29.9 Å². The van der Waals surface area contributed by atoms with Crippen molar-refractivity contribution < 1.29 is 19.1 Å². The molecule has 1 amide bonds. The molecule has 0 radical (unpaired) electrons. The number of rotatable bonds is 10. The molecule has 1 aliphatic rings. The maximum Gasteiger partial charge on any atom is 0.341 e. The number of hydrogen-bond donors (Lipinski definition) is 1. The number of halogens is 1. The summed E-state index contributed by atoms with van der Waals surface area (Å²) >= 11 is 9.00. The van der Waals surface area contributed by atoms with E-state index in [1.54, 1.807) is 6.08 Å². The van der Waals surface area contributed by atoms with Gasteiger partial charge in [0, 0.05) is 16.4 Å². The van der Waals surface area contributed by atoms with Crippen LogP contribution in [0.1, 0.15) is 57.2 Å². The van der Waals surface area contributed by atoms with Crippen molar-refractivity contribution in [3.8, 4) is 5.75 Å². The predicted molar refractivity (Wildman–Crippen MR) is 147 cm³/mol. The predicted octanol–water partition coefficient (Wildman–Crippen LogP) is 5.94. The highest BCUT2D eigenvalue weighted by Crippen LogP contribution is 2.39. The van der Waals surface area contributed by atoms with Crippen LogP contribution in [0.2, 0.25) is 5.02 Å². The van der Waals surface area contributed by atoms with Crippen LogP contribution in [-0.4, -0.2) is 39.5 Å². The van der Waals surface area contributed by atoms with E-state index in [0.717, 1.165) is 45.9 Å². The van der Waals surface area contributed by atoms with Crippen molar-refractivity contribution in [3.05, 3.63) is 62.8 Å². The molecule has 3 aromatic rings. The quantitative estimate of drug-likeness (QED) is 0.186. The van der Waals surface area contributed by atoms with Crippen LogP contribution >= 0.6 is 34.7 Å². The van der Waals surface area contributed by atoms with Gasteiger partial charge < -0.3 is 14.8 Å². The number of esters is 1. The minimum atomic E-state index is -0.419. The number of anilines is 1. The van der Waals surface area contributed by atoms with Gasteiger partial charge in [0.25, 0.3) is 0 Å². The largest absolute Gasteiger partial charge is 0.483 e. The number of nitrogens with zero attached hydrogens (tertiary/aromatic N) is 3. The zero-order valence-electron chi connectivity index (χ0n) is 21.2. The van der Waals surface area contributed by atoms with Gasteiger partial charge in [0.1, 0.15) is 10.8 Å². The molecule has 1 unspecified atom stereocenters. The normalized spacial score (nSPS) is 13.2. The molecule has 196 valence electrons. The molecule has 1 N–H and O–H groups in total. The second-order valence-corrected chi connectivity index (χ2v) is 11.2. The monoisotopic (exact) mass is 560 g/mol. The van der Waals surface area contributed by atoms with E-state index >= 15 is 0 Å². The minimum absolute atomic E-state index is 0.100. The number of fused-ring (bicyclic) bond motifs is 1. The number of thioether (sulfide) groups is 1. The zero-order valence-corrected chi connectivity index (χ0v) is 23.6. The third-order valence-corrected chi connectivity index (χ3v) is 8.81. The Balaban J connectivity index is 1.46. The van der Waals surface area contributed by atoms with Crippen molar-refractivity contribution in [2.24, 2.45) is 0 Å².